The van der Waals surface area contributed by atoms with Gasteiger partial charge in [-0.2, -0.15) is 18.3 Å². The monoisotopic (exact) mass is 343 g/mol. The number of aromatic nitrogens is 2. The number of alkyl halides is 3. The van der Waals surface area contributed by atoms with Crippen LogP contribution in [0.4, 0.5) is 13.2 Å². The number of nitrogens with zero attached hydrogens (tertiary/aromatic N) is 2. The van der Waals surface area contributed by atoms with Gasteiger partial charge in [0.15, 0.2) is 18.1 Å². The number of rotatable bonds is 7. The first-order valence-corrected chi connectivity index (χ1v) is 7.35. The molecule has 24 heavy (non-hydrogen) atoms. The van der Waals surface area contributed by atoms with Crippen LogP contribution >= 0.6 is 0 Å². The number of benzene rings is 1. The van der Waals surface area contributed by atoms with E-state index in [0.717, 1.165) is 16.8 Å². The van der Waals surface area contributed by atoms with Gasteiger partial charge >= 0.3 is 6.18 Å². The first-order valence-electron chi connectivity index (χ1n) is 7.35. The van der Waals surface area contributed by atoms with Crippen LogP contribution in [0.5, 0.6) is 11.5 Å². The second kappa shape index (κ2) is 7.57. The predicted molar refractivity (Wildman–Crippen MR) is 83.0 cm³/mol. The molecule has 8 heteroatoms. The lowest BCUT2D eigenvalue weighted by Crippen LogP contribution is -2.19. The predicted octanol–water partition coefficient (Wildman–Crippen LogP) is 2.97. The van der Waals surface area contributed by atoms with E-state index in [1.165, 1.54) is 13.2 Å². The molecule has 0 aliphatic heterocycles. The molecular weight excluding hydrogens is 323 g/mol. The van der Waals surface area contributed by atoms with Crippen LogP contribution < -0.4 is 14.8 Å². The summed E-state index contributed by atoms with van der Waals surface area (Å²) in [6, 6.07) is 4.85. The van der Waals surface area contributed by atoms with Crippen LogP contribution in [-0.2, 0) is 20.1 Å². The van der Waals surface area contributed by atoms with Crippen molar-refractivity contribution in [1.29, 1.82) is 0 Å². The van der Waals surface area contributed by atoms with Gasteiger partial charge in [-0.25, -0.2) is 0 Å². The van der Waals surface area contributed by atoms with Gasteiger partial charge in [-0.1, -0.05) is 6.07 Å². The van der Waals surface area contributed by atoms with Crippen molar-refractivity contribution in [3.8, 4) is 11.5 Å². The Morgan fingerprint density at radius 1 is 1.21 bits per heavy atom. The van der Waals surface area contributed by atoms with Crippen molar-refractivity contribution < 1.29 is 22.6 Å². The lowest BCUT2D eigenvalue weighted by Gasteiger charge is -2.14. The molecule has 1 aromatic carbocycles. The molecule has 1 N–H and O–H groups in total. The van der Waals surface area contributed by atoms with E-state index in [9.17, 15) is 13.2 Å². The summed E-state index contributed by atoms with van der Waals surface area (Å²) in [5.41, 5.74) is 3.05. The zero-order valence-corrected chi connectivity index (χ0v) is 13.8. The summed E-state index contributed by atoms with van der Waals surface area (Å²) < 4.78 is 48.4. The third-order valence-electron chi connectivity index (χ3n) is 3.60. The smallest absolute Gasteiger partial charge is 0.422 e. The maximum atomic E-state index is 12.2. The average Bonchev–Trinajstić information content (AvgIpc) is 2.84. The lowest BCUT2D eigenvalue weighted by molar-refractivity contribution is -0.153. The molecule has 1 aromatic heterocycles. The highest BCUT2D eigenvalue weighted by molar-refractivity contribution is 5.43. The minimum Gasteiger partial charge on any atom is -0.493 e. The Morgan fingerprint density at radius 3 is 2.54 bits per heavy atom. The van der Waals surface area contributed by atoms with Crippen molar-refractivity contribution in [3.63, 3.8) is 0 Å². The fraction of sp³-hybridized carbons (Fsp3) is 0.438. The largest absolute Gasteiger partial charge is 0.493 e. The summed E-state index contributed by atoms with van der Waals surface area (Å²) in [7, 11) is 3.27. The molecule has 0 aliphatic rings. The molecule has 0 saturated heterocycles. The Labute approximate surface area is 138 Å². The van der Waals surface area contributed by atoms with E-state index in [2.05, 4.69) is 10.4 Å². The molecule has 0 atom stereocenters. The fourth-order valence-corrected chi connectivity index (χ4v) is 2.16. The Hall–Kier alpha value is -2.22. The first kappa shape index (κ1) is 18.1. The summed E-state index contributed by atoms with van der Waals surface area (Å²) in [5.74, 6) is 0.345. The normalized spacial score (nSPS) is 11.6. The molecule has 0 bridgehead atoms. The van der Waals surface area contributed by atoms with Crippen LogP contribution in [0.25, 0.3) is 0 Å². The Kier molecular flexibility index (Phi) is 5.71. The number of methoxy groups -OCH3 is 1. The van der Waals surface area contributed by atoms with Gasteiger partial charge in [-0.15, -0.1) is 0 Å². The number of hydrogen-bond acceptors (Lipinski definition) is 4. The number of halogens is 3. The molecule has 0 unspecified atom stereocenters. The van der Waals surface area contributed by atoms with Gasteiger partial charge in [0.2, 0.25) is 0 Å². The standard InChI is InChI=1S/C16H20F3N3O2/c1-11-13(9-21-22(11)2)8-20-7-12-4-5-14(15(6-12)23-3)24-10-16(17,18)19/h4-6,9,20H,7-8,10H2,1-3H3. The van der Waals surface area contributed by atoms with Crippen molar-refractivity contribution in [1.82, 2.24) is 15.1 Å². The van der Waals surface area contributed by atoms with Gasteiger partial charge < -0.3 is 14.8 Å². The summed E-state index contributed by atoms with van der Waals surface area (Å²) >= 11 is 0. The van der Waals surface area contributed by atoms with Crippen molar-refractivity contribution in [2.45, 2.75) is 26.2 Å². The molecule has 5 nitrogen and oxygen atoms in total. The molecule has 0 fully saturated rings. The third-order valence-corrected chi connectivity index (χ3v) is 3.60. The van der Waals surface area contributed by atoms with E-state index in [4.69, 9.17) is 9.47 Å². The minimum absolute atomic E-state index is 0.0710. The van der Waals surface area contributed by atoms with E-state index in [-0.39, 0.29) is 11.5 Å². The van der Waals surface area contributed by atoms with Crippen LogP contribution in [0.3, 0.4) is 0 Å². The maximum absolute atomic E-state index is 12.2. The highest BCUT2D eigenvalue weighted by atomic mass is 19.4. The van der Waals surface area contributed by atoms with Crippen molar-refractivity contribution in [2.75, 3.05) is 13.7 Å². The maximum Gasteiger partial charge on any atom is 0.422 e. The number of ether oxygens (including phenoxy) is 2. The zero-order chi connectivity index (χ0) is 17.7. The van der Waals surface area contributed by atoms with Crippen LogP contribution in [0, 0.1) is 6.92 Å². The zero-order valence-electron chi connectivity index (χ0n) is 13.8. The molecule has 0 spiro atoms. The molecular formula is C16H20F3N3O2. The summed E-state index contributed by atoms with van der Waals surface area (Å²) in [4.78, 5) is 0. The average molecular weight is 343 g/mol. The van der Waals surface area contributed by atoms with Crippen molar-refractivity contribution in [2.24, 2.45) is 7.05 Å². The molecule has 2 aromatic rings. The van der Waals surface area contributed by atoms with Crippen LogP contribution in [0.2, 0.25) is 0 Å². The van der Waals surface area contributed by atoms with Crippen molar-refractivity contribution in [3.05, 3.63) is 41.2 Å². The van der Waals surface area contributed by atoms with Gasteiger partial charge in [-0.05, 0) is 24.6 Å². The lowest BCUT2D eigenvalue weighted by atomic mass is 10.2. The van der Waals surface area contributed by atoms with Crippen LogP contribution in [0.1, 0.15) is 16.8 Å². The SMILES string of the molecule is COc1cc(CNCc2cnn(C)c2C)ccc1OCC(F)(F)F. The van der Waals surface area contributed by atoms with Gasteiger partial charge in [0.05, 0.1) is 13.3 Å². The van der Waals surface area contributed by atoms with Crippen LogP contribution in [-0.4, -0.2) is 29.7 Å². The Morgan fingerprint density at radius 2 is 1.96 bits per heavy atom. The van der Waals surface area contributed by atoms with E-state index in [1.54, 1.807) is 23.0 Å². The van der Waals surface area contributed by atoms with Gasteiger partial charge in [-0.3, -0.25) is 4.68 Å². The molecule has 132 valence electrons. The number of nitrogens with one attached hydrogen (secondary N) is 1. The quantitative estimate of drug-likeness (QED) is 0.840. The highest BCUT2D eigenvalue weighted by Crippen LogP contribution is 2.29. The molecule has 1 heterocycles. The Bertz CT molecular complexity index is 684. The third kappa shape index (κ3) is 4.89. The second-order valence-electron chi connectivity index (χ2n) is 5.37. The van der Waals surface area contributed by atoms with Crippen LogP contribution in [0.15, 0.2) is 24.4 Å². The summed E-state index contributed by atoms with van der Waals surface area (Å²) in [5, 5.41) is 7.44. The van der Waals surface area contributed by atoms with E-state index < -0.39 is 12.8 Å². The number of hydrogen-bond donors (Lipinski definition) is 1. The fourth-order valence-electron chi connectivity index (χ4n) is 2.16. The van der Waals surface area contributed by atoms with E-state index in [1.807, 2.05) is 14.0 Å². The highest BCUT2D eigenvalue weighted by Gasteiger charge is 2.29. The molecule has 0 radical (unpaired) electrons. The first-order chi connectivity index (χ1) is 11.3. The van der Waals surface area contributed by atoms with E-state index in [0.29, 0.717) is 13.1 Å². The van der Waals surface area contributed by atoms with E-state index >= 15 is 0 Å². The van der Waals surface area contributed by atoms with Gasteiger partial charge in [0.25, 0.3) is 0 Å². The second-order valence-corrected chi connectivity index (χ2v) is 5.37. The molecule has 0 saturated carbocycles. The van der Waals surface area contributed by atoms with Crippen molar-refractivity contribution >= 4 is 0 Å². The van der Waals surface area contributed by atoms with Gasteiger partial charge in [0, 0.05) is 31.4 Å². The van der Waals surface area contributed by atoms with Gasteiger partial charge in [0.1, 0.15) is 0 Å². The summed E-state index contributed by atoms with van der Waals surface area (Å²) in [6.07, 6.45) is -2.58. The minimum atomic E-state index is -4.38. The summed E-state index contributed by atoms with van der Waals surface area (Å²) in [6.45, 7) is 1.83. The topological polar surface area (TPSA) is 48.3 Å². The molecule has 2 rings (SSSR count). The number of aryl methyl sites for hydroxylation is 1. The Balaban J connectivity index is 1.95. The molecule has 0 aliphatic carbocycles. The molecule has 0 amide bonds.